The van der Waals surface area contributed by atoms with E-state index >= 15 is 0 Å². The summed E-state index contributed by atoms with van der Waals surface area (Å²) in [5.74, 6) is 0.851. The number of rotatable bonds is 5. The molecule has 0 aliphatic carbocycles. The number of nitrogens with zero attached hydrogens (tertiary/aromatic N) is 2. The van der Waals surface area contributed by atoms with Gasteiger partial charge in [-0.2, -0.15) is 0 Å². The quantitative estimate of drug-likeness (QED) is 0.578. The second kappa shape index (κ2) is 6.54. The van der Waals surface area contributed by atoms with Gasteiger partial charge in [0, 0.05) is 35.3 Å². The number of para-hydroxylation sites is 1. The Labute approximate surface area is 140 Å². The predicted octanol–water partition coefficient (Wildman–Crippen LogP) is 4.28. The van der Waals surface area contributed by atoms with Crippen LogP contribution in [-0.2, 0) is 6.42 Å². The Hall–Kier alpha value is -3.14. The van der Waals surface area contributed by atoms with Gasteiger partial charge in [0.25, 0.3) is 0 Å². The van der Waals surface area contributed by atoms with Gasteiger partial charge < -0.3 is 10.3 Å². The molecule has 2 aromatic heterocycles. The van der Waals surface area contributed by atoms with Crippen LogP contribution in [0, 0.1) is 0 Å². The minimum atomic E-state index is 0.826. The highest BCUT2D eigenvalue weighted by atomic mass is 15.0. The standard InChI is InChI=1S/C20H18N4/c1-2-6-15(7-3-1)19-12-20(24-14-23-19)21-11-10-16-13-22-18-9-5-4-8-17(16)18/h1-9,12-14,22H,10-11H2,(H,21,23,24). The molecular weight excluding hydrogens is 296 g/mol. The van der Waals surface area contributed by atoms with Crippen molar-refractivity contribution in [1.29, 1.82) is 0 Å². The SMILES string of the molecule is c1ccc(-c2cc(NCCc3c[nH]c4ccccc34)ncn2)cc1. The number of aromatic amines is 1. The molecule has 2 aromatic carbocycles. The van der Waals surface area contributed by atoms with Crippen LogP contribution in [0.1, 0.15) is 5.56 Å². The average Bonchev–Trinajstić information content (AvgIpc) is 3.06. The molecule has 2 N–H and O–H groups in total. The van der Waals surface area contributed by atoms with E-state index in [-0.39, 0.29) is 0 Å². The van der Waals surface area contributed by atoms with Crippen LogP contribution in [0.2, 0.25) is 0 Å². The monoisotopic (exact) mass is 314 g/mol. The van der Waals surface area contributed by atoms with E-state index in [4.69, 9.17) is 0 Å². The third kappa shape index (κ3) is 2.99. The number of benzene rings is 2. The third-order valence-electron chi connectivity index (χ3n) is 4.11. The Morgan fingerprint density at radius 2 is 1.75 bits per heavy atom. The van der Waals surface area contributed by atoms with Gasteiger partial charge in [-0.25, -0.2) is 9.97 Å². The van der Waals surface area contributed by atoms with Crippen molar-refractivity contribution in [3.05, 3.63) is 78.8 Å². The summed E-state index contributed by atoms with van der Waals surface area (Å²) in [5.41, 5.74) is 4.52. The molecule has 2 heterocycles. The van der Waals surface area contributed by atoms with Crippen molar-refractivity contribution in [3.63, 3.8) is 0 Å². The van der Waals surface area contributed by atoms with Crippen LogP contribution in [-0.4, -0.2) is 21.5 Å². The number of hydrogen-bond acceptors (Lipinski definition) is 3. The maximum Gasteiger partial charge on any atom is 0.129 e. The van der Waals surface area contributed by atoms with E-state index in [0.717, 1.165) is 30.0 Å². The zero-order chi connectivity index (χ0) is 16.2. The molecular formula is C20H18N4. The zero-order valence-corrected chi connectivity index (χ0v) is 13.2. The maximum absolute atomic E-state index is 4.35. The van der Waals surface area contributed by atoms with Gasteiger partial charge in [-0.15, -0.1) is 0 Å². The third-order valence-corrected chi connectivity index (χ3v) is 4.11. The van der Waals surface area contributed by atoms with Gasteiger partial charge in [-0.1, -0.05) is 48.5 Å². The van der Waals surface area contributed by atoms with Gasteiger partial charge in [0.1, 0.15) is 12.1 Å². The summed E-state index contributed by atoms with van der Waals surface area (Å²) >= 11 is 0. The van der Waals surface area contributed by atoms with Crippen LogP contribution in [0.25, 0.3) is 22.2 Å². The highest BCUT2D eigenvalue weighted by Crippen LogP contribution is 2.20. The molecule has 0 bridgehead atoms. The number of H-pyrrole nitrogens is 1. The Kier molecular flexibility index (Phi) is 3.94. The predicted molar refractivity (Wildman–Crippen MR) is 98.0 cm³/mol. The van der Waals surface area contributed by atoms with Crippen molar-refractivity contribution in [2.24, 2.45) is 0 Å². The van der Waals surface area contributed by atoms with Gasteiger partial charge in [-0.3, -0.25) is 0 Å². The zero-order valence-electron chi connectivity index (χ0n) is 13.2. The van der Waals surface area contributed by atoms with Crippen molar-refractivity contribution in [1.82, 2.24) is 15.0 Å². The smallest absolute Gasteiger partial charge is 0.129 e. The lowest BCUT2D eigenvalue weighted by molar-refractivity contribution is 1.01. The highest BCUT2D eigenvalue weighted by molar-refractivity contribution is 5.83. The highest BCUT2D eigenvalue weighted by Gasteiger charge is 2.04. The van der Waals surface area contributed by atoms with E-state index in [1.807, 2.05) is 30.3 Å². The van der Waals surface area contributed by atoms with E-state index in [2.05, 4.69) is 56.8 Å². The number of aromatic nitrogens is 3. The molecule has 0 atom stereocenters. The first-order chi connectivity index (χ1) is 11.9. The molecule has 4 heteroatoms. The van der Waals surface area contributed by atoms with Gasteiger partial charge in [-0.05, 0) is 18.1 Å². The summed E-state index contributed by atoms with van der Waals surface area (Å²) < 4.78 is 0. The first-order valence-corrected chi connectivity index (χ1v) is 8.06. The first-order valence-electron chi connectivity index (χ1n) is 8.06. The molecule has 0 radical (unpaired) electrons. The number of hydrogen-bond donors (Lipinski definition) is 2. The fraction of sp³-hybridized carbons (Fsp3) is 0.100. The van der Waals surface area contributed by atoms with Crippen molar-refractivity contribution >= 4 is 16.7 Å². The number of nitrogens with one attached hydrogen (secondary N) is 2. The second-order valence-corrected chi connectivity index (χ2v) is 5.69. The van der Waals surface area contributed by atoms with E-state index in [9.17, 15) is 0 Å². The van der Waals surface area contributed by atoms with E-state index < -0.39 is 0 Å². The molecule has 0 aliphatic rings. The molecule has 0 spiro atoms. The van der Waals surface area contributed by atoms with Crippen LogP contribution >= 0.6 is 0 Å². The minimum absolute atomic E-state index is 0.826. The summed E-state index contributed by atoms with van der Waals surface area (Å²) in [7, 11) is 0. The second-order valence-electron chi connectivity index (χ2n) is 5.69. The van der Waals surface area contributed by atoms with E-state index in [1.54, 1.807) is 6.33 Å². The van der Waals surface area contributed by atoms with Gasteiger partial charge in [0.05, 0.1) is 5.69 Å². The average molecular weight is 314 g/mol. The van der Waals surface area contributed by atoms with Crippen LogP contribution in [0.3, 0.4) is 0 Å². The largest absolute Gasteiger partial charge is 0.370 e. The molecule has 0 aliphatic heterocycles. The molecule has 0 unspecified atom stereocenters. The van der Waals surface area contributed by atoms with Crippen LogP contribution in [0.5, 0.6) is 0 Å². The number of fused-ring (bicyclic) bond motifs is 1. The van der Waals surface area contributed by atoms with Crippen molar-refractivity contribution < 1.29 is 0 Å². The molecule has 0 saturated heterocycles. The molecule has 24 heavy (non-hydrogen) atoms. The van der Waals surface area contributed by atoms with Crippen molar-refractivity contribution in [3.8, 4) is 11.3 Å². The fourth-order valence-corrected chi connectivity index (χ4v) is 2.88. The molecule has 0 fully saturated rings. The lowest BCUT2D eigenvalue weighted by Gasteiger charge is -2.07. The summed E-state index contributed by atoms with van der Waals surface area (Å²) in [6, 6.07) is 20.5. The number of anilines is 1. The molecule has 4 rings (SSSR count). The van der Waals surface area contributed by atoms with Crippen LogP contribution < -0.4 is 5.32 Å². The molecule has 0 saturated carbocycles. The normalized spacial score (nSPS) is 10.8. The Bertz CT molecular complexity index is 944. The summed E-state index contributed by atoms with van der Waals surface area (Å²) in [4.78, 5) is 12.0. The maximum atomic E-state index is 4.35. The topological polar surface area (TPSA) is 53.6 Å². The summed E-state index contributed by atoms with van der Waals surface area (Å²) in [5, 5.41) is 4.68. The first kappa shape index (κ1) is 14.5. The van der Waals surface area contributed by atoms with Crippen LogP contribution in [0.4, 0.5) is 5.82 Å². The van der Waals surface area contributed by atoms with E-state index in [1.165, 1.54) is 16.5 Å². The molecule has 4 nitrogen and oxygen atoms in total. The minimum Gasteiger partial charge on any atom is -0.370 e. The molecule has 4 aromatic rings. The van der Waals surface area contributed by atoms with Crippen molar-refractivity contribution in [2.45, 2.75) is 6.42 Å². The Balaban J connectivity index is 1.45. The fourth-order valence-electron chi connectivity index (χ4n) is 2.88. The van der Waals surface area contributed by atoms with Crippen molar-refractivity contribution in [2.75, 3.05) is 11.9 Å². The van der Waals surface area contributed by atoms with E-state index in [0.29, 0.717) is 0 Å². The lowest BCUT2D eigenvalue weighted by atomic mass is 10.1. The van der Waals surface area contributed by atoms with Gasteiger partial charge >= 0.3 is 0 Å². The Morgan fingerprint density at radius 3 is 2.67 bits per heavy atom. The molecule has 0 amide bonds. The molecule has 118 valence electrons. The summed E-state index contributed by atoms with van der Waals surface area (Å²) in [6.07, 6.45) is 4.63. The van der Waals surface area contributed by atoms with Gasteiger partial charge in [0.15, 0.2) is 0 Å². The van der Waals surface area contributed by atoms with Crippen LogP contribution in [0.15, 0.2) is 73.2 Å². The Morgan fingerprint density at radius 1 is 0.917 bits per heavy atom. The lowest BCUT2D eigenvalue weighted by Crippen LogP contribution is -2.06. The summed E-state index contributed by atoms with van der Waals surface area (Å²) in [6.45, 7) is 0.826. The van der Waals surface area contributed by atoms with Gasteiger partial charge in [0.2, 0.25) is 0 Å².